The number of pyridine rings is 2. The van der Waals surface area contributed by atoms with E-state index in [1.807, 2.05) is 61.5 Å². The van der Waals surface area contributed by atoms with E-state index in [9.17, 15) is 9.18 Å². The Morgan fingerprint density at radius 2 is 1.63 bits per heavy atom. The Balaban J connectivity index is 1.61. The lowest BCUT2D eigenvalue weighted by molar-refractivity contribution is -0.130. The number of carbonyl (C=O) groups is 1. The number of hydrogen-bond donors (Lipinski definition) is 1. The second kappa shape index (κ2) is 8.76. The summed E-state index contributed by atoms with van der Waals surface area (Å²) in [7, 11) is 1.62. The topological polar surface area (TPSA) is 84.5 Å². The van der Waals surface area contributed by atoms with Crippen LogP contribution in [0.2, 0.25) is 0 Å². The molecule has 2 aromatic carbocycles. The highest BCUT2D eigenvalue weighted by atomic mass is 19.1. The van der Waals surface area contributed by atoms with Gasteiger partial charge in [0, 0.05) is 19.4 Å². The molecule has 3 heterocycles. The maximum Gasteiger partial charge on any atom is 0.239 e. The van der Waals surface area contributed by atoms with Crippen molar-refractivity contribution in [2.45, 2.75) is 18.4 Å². The molecule has 0 saturated carbocycles. The first-order valence-electron chi connectivity index (χ1n) is 11.2. The van der Waals surface area contributed by atoms with Gasteiger partial charge in [0.1, 0.15) is 5.54 Å². The number of nitrogens with zero attached hydrogens (tertiary/aromatic N) is 4. The fraction of sp³-hybridized carbons (Fsp3) is 0.143. The summed E-state index contributed by atoms with van der Waals surface area (Å²) < 4.78 is 14.4. The van der Waals surface area contributed by atoms with Crippen LogP contribution < -0.4 is 5.73 Å². The van der Waals surface area contributed by atoms with Crippen LogP contribution in [0.5, 0.6) is 0 Å². The van der Waals surface area contributed by atoms with Crippen LogP contribution in [0.1, 0.15) is 24.0 Å². The minimum atomic E-state index is -1.03. The monoisotopic (exact) mass is 465 g/mol. The van der Waals surface area contributed by atoms with Gasteiger partial charge in [0.25, 0.3) is 0 Å². The lowest BCUT2D eigenvalue weighted by Gasteiger charge is -2.41. The van der Waals surface area contributed by atoms with E-state index in [0.29, 0.717) is 11.3 Å². The van der Waals surface area contributed by atoms with E-state index in [0.717, 1.165) is 16.7 Å². The normalized spacial score (nSPS) is 20.0. The first kappa shape index (κ1) is 22.4. The molecular formula is C28H24FN5O. The molecule has 0 bridgehead atoms. The number of carbonyl (C=O) groups excluding carboxylic acids is 1. The zero-order valence-corrected chi connectivity index (χ0v) is 19.4. The Morgan fingerprint density at radius 1 is 0.914 bits per heavy atom. The molecule has 1 aliphatic rings. The second-order valence-electron chi connectivity index (χ2n) is 8.71. The molecule has 6 nitrogen and oxygen atoms in total. The molecule has 0 unspecified atom stereocenters. The van der Waals surface area contributed by atoms with Crippen molar-refractivity contribution in [1.29, 1.82) is 0 Å². The number of nitrogens with two attached hydrogens (primary N) is 1. The molecule has 174 valence electrons. The van der Waals surface area contributed by atoms with Crippen LogP contribution in [0.4, 0.5) is 4.39 Å². The van der Waals surface area contributed by atoms with Crippen LogP contribution in [-0.4, -0.2) is 33.8 Å². The number of amides is 1. The summed E-state index contributed by atoms with van der Waals surface area (Å²) in [6.07, 6.45) is 2.98. The standard InChI is InChI=1S/C28H24FN5O/c1-28(21-14-16-31-23(17-21)22-9-6-15-32-25(22)29)24(26(35)34(2)27(30)33-28)20-12-10-19(11-13-20)18-7-4-3-5-8-18/h3-17,24H,1-2H3,(H2,30,33)/t24-,28+/m0/s1. The third-order valence-electron chi connectivity index (χ3n) is 6.56. The van der Waals surface area contributed by atoms with E-state index in [1.54, 1.807) is 37.5 Å². The highest BCUT2D eigenvalue weighted by molar-refractivity contribution is 6.02. The average molecular weight is 466 g/mol. The molecular weight excluding hydrogens is 441 g/mol. The van der Waals surface area contributed by atoms with E-state index in [2.05, 4.69) is 9.97 Å². The Morgan fingerprint density at radius 3 is 2.34 bits per heavy atom. The van der Waals surface area contributed by atoms with Gasteiger partial charge in [0.2, 0.25) is 11.9 Å². The van der Waals surface area contributed by atoms with Crippen molar-refractivity contribution in [3.63, 3.8) is 0 Å². The van der Waals surface area contributed by atoms with Gasteiger partial charge >= 0.3 is 0 Å². The predicted octanol–water partition coefficient (Wildman–Crippen LogP) is 4.74. The van der Waals surface area contributed by atoms with Crippen LogP contribution in [0.3, 0.4) is 0 Å². The maximum absolute atomic E-state index is 14.4. The third kappa shape index (κ3) is 3.95. The van der Waals surface area contributed by atoms with Gasteiger partial charge in [-0.25, -0.2) is 9.98 Å². The van der Waals surface area contributed by atoms with E-state index in [4.69, 9.17) is 10.7 Å². The first-order chi connectivity index (χ1) is 16.9. The quantitative estimate of drug-likeness (QED) is 0.442. The lowest BCUT2D eigenvalue weighted by atomic mass is 9.74. The van der Waals surface area contributed by atoms with Gasteiger partial charge in [0.15, 0.2) is 5.96 Å². The number of halogens is 1. The van der Waals surface area contributed by atoms with E-state index in [1.165, 1.54) is 11.1 Å². The zero-order valence-electron chi connectivity index (χ0n) is 19.4. The lowest BCUT2D eigenvalue weighted by Crippen LogP contribution is -2.52. The van der Waals surface area contributed by atoms with Crippen LogP contribution in [0.25, 0.3) is 22.4 Å². The molecule has 4 aromatic rings. The molecule has 0 radical (unpaired) electrons. The summed E-state index contributed by atoms with van der Waals surface area (Å²) in [6, 6.07) is 24.8. The number of aliphatic imine (C=N–C) groups is 1. The SMILES string of the molecule is CN1C(=O)[C@H](c2ccc(-c3ccccc3)cc2)[C@@](C)(c2ccnc(-c3cccnc3F)c2)N=C1N. The van der Waals surface area contributed by atoms with Gasteiger partial charge in [-0.2, -0.15) is 4.39 Å². The number of aromatic nitrogens is 2. The number of hydrogen-bond acceptors (Lipinski definition) is 5. The molecule has 0 saturated heterocycles. The first-order valence-corrected chi connectivity index (χ1v) is 11.2. The fourth-order valence-corrected chi connectivity index (χ4v) is 4.59. The largest absolute Gasteiger partial charge is 0.369 e. The summed E-state index contributed by atoms with van der Waals surface area (Å²) >= 11 is 0. The average Bonchev–Trinajstić information content (AvgIpc) is 2.89. The molecule has 1 aliphatic heterocycles. The van der Waals surface area contributed by atoms with Gasteiger partial charge in [-0.15, -0.1) is 0 Å². The Hall–Kier alpha value is -4.39. The van der Waals surface area contributed by atoms with E-state index >= 15 is 0 Å². The smallest absolute Gasteiger partial charge is 0.239 e. The number of rotatable bonds is 4. The summed E-state index contributed by atoms with van der Waals surface area (Å²) in [5, 5.41) is 0. The highest BCUT2D eigenvalue weighted by Crippen LogP contribution is 2.44. The van der Waals surface area contributed by atoms with Crippen LogP contribution in [-0.2, 0) is 10.3 Å². The fourth-order valence-electron chi connectivity index (χ4n) is 4.59. The molecule has 35 heavy (non-hydrogen) atoms. The van der Waals surface area contributed by atoms with E-state index in [-0.39, 0.29) is 17.4 Å². The van der Waals surface area contributed by atoms with Crippen molar-refractivity contribution in [2.24, 2.45) is 10.7 Å². The van der Waals surface area contributed by atoms with Gasteiger partial charge in [-0.05, 0) is 53.4 Å². The molecule has 2 atom stereocenters. The van der Waals surface area contributed by atoms with Crippen molar-refractivity contribution in [1.82, 2.24) is 14.9 Å². The van der Waals surface area contributed by atoms with Gasteiger partial charge < -0.3 is 5.73 Å². The minimum Gasteiger partial charge on any atom is -0.369 e. The Labute approximate surface area is 203 Å². The Kier molecular flexibility index (Phi) is 5.61. The highest BCUT2D eigenvalue weighted by Gasteiger charge is 2.47. The van der Waals surface area contributed by atoms with Crippen LogP contribution in [0, 0.1) is 5.95 Å². The number of benzene rings is 2. The molecule has 0 fully saturated rings. The third-order valence-corrected chi connectivity index (χ3v) is 6.56. The summed E-state index contributed by atoms with van der Waals surface area (Å²) in [5.74, 6) is -1.30. The molecule has 2 aromatic heterocycles. The van der Waals surface area contributed by atoms with E-state index < -0.39 is 17.4 Å². The summed E-state index contributed by atoms with van der Waals surface area (Å²) in [5.41, 5.74) is 9.47. The Bertz CT molecular complexity index is 1420. The predicted molar refractivity (Wildman–Crippen MR) is 134 cm³/mol. The zero-order chi connectivity index (χ0) is 24.6. The molecule has 7 heteroatoms. The molecule has 2 N–H and O–H groups in total. The molecule has 5 rings (SSSR count). The van der Waals surface area contributed by atoms with Crippen molar-refractivity contribution < 1.29 is 9.18 Å². The van der Waals surface area contributed by atoms with Gasteiger partial charge in [-0.3, -0.25) is 14.7 Å². The second-order valence-corrected chi connectivity index (χ2v) is 8.71. The van der Waals surface area contributed by atoms with Gasteiger partial charge in [-0.1, -0.05) is 54.6 Å². The number of guanidine groups is 1. The molecule has 1 amide bonds. The summed E-state index contributed by atoms with van der Waals surface area (Å²) in [6.45, 7) is 1.87. The van der Waals surface area contributed by atoms with Crippen LogP contribution >= 0.6 is 0 Å². The van der Waals surface area contributed by atoms with Crippen molar-refractivity contribution in [3.8, 4) is 22.4 Å². The van der Waals surface area contributed by atoms with Crippen molar-refractivity contribution in [3.05, 3.63) is 108 Å². The van der Waals surface area contributed by atoms with Crippen LogP contribution in [0.15, 0.2) is 96.2 Å². The maximum atomic E-state index is 14.4. The number of likely N-dealkylation sites (N-methyl/N-ethyl adjacent to an activating group) is 1. The molecule has 0 spiro atoms. The van der Waals surface area contributed by atoms with Crippen molar-refractivity contribution >= 4 is 11.9 Å². The molecule has 0 aliphatic carbocycles. The summed E-state index contributed by atoms with van der Waals surface area (Å²) in [4.78, 5) is 27.8. The van der Waals surface area contributed by atoms with Gasteiger partial charge in [0.05, 0.1) is 17.2 Å². The minimum absolute atomic E-state index is 0.126. The van der Waals surface area contributed by atoms with Crippen molar-refractivity contribution in [2.75, 3.05) is 7.05 Å².